The molecule has 1 aliphatic carbocycles. The van der Waals surface area contributed by atoms with E-state index in [-0.39, 0.29) is 12.6 Å². The molecule has 2 unspecified atom stereocenters. The molecule has 0 aromatic heterocycles. The second-order valence-corrected chi connectivity index (χ2v) is 16.1. The van der Waals surface area contributed by atoms with E-state index in [1.165, 1.54) is 24.9 Å². The van der Waals surface area contributed by atoms with Crippen molar-refractivity contribution in [2.24, 2.45) is 0 Å². The highest BCUT2D eigenvalue weighted by Gasteiger charge is 2.37. The van der Waals surface area contributed by atoms with Gasteiger partial charge in [0.2, 0.25) is 5.91 Å². The highest BCUT2D eigenvalue weighted by atomic mass is 28.3. The first-order valence-electron chi connectivity index (χ1n) is 10.1. The number of allylic oxidation sites excluding steroid dienone is 1. The molecule has 1 fully saturated rings. The van der Waals surface area contributed by atoms with Crippen LogP contribution in [0.2, 0.25) is 37.3 Å². The van der Waals surface area contributed by atoms with Crippen molar-refractivity contribution >= 4 is 23.0 Å². The average Bonchev–Trinajstić information content (AvgIpc) is 2.59. The lowest BCUT2D eigenvalue weighted by atomic mass is 9.93. The Hall–Kier alpha value is -0.626. The Morgan fingerprint density at radius 3 is 2.65 bits per heavy atom. The first-order valence-corrected chi connectivity index (χ1v) is 15.5. The fourth-order valence-corrected chi connectivity index (χ4v) is 11.0. The van der Waals surface area contributed by atoms with Gasteiger partial charge in [-0.05, 0) is 50.7 Å². The summed E-state index contributed by atoms with van der Waals surface area (Å²) >= 11 is 0. The maximum atomic E-state index is 12.4. The summed E-state index contributed by atoms with van der Waals surface area (Å²) in [5.74, 6) is 1.03. The summed E-state index contributed by atoms with van der Waals surface area (Å²) in [6.45, 7) is 12.7. The van der Waals surface area contributed by atoms with Crippen molar-refractivity contribution in [3.8, 4) is 0 Å². The van der Waals surface area contributed by atoms with Crippen LogP contribution >= 0.6 is 0 Å². The first kappa shape index (κ1) is 23.4. The third-order valence-electron chi connectivity index (χ3n) is 5.94. The standard InChI is InChI=1S/C20H39FNO2Si2/c1-17(2)24-25(4)14-15-26(5,6)19-11-9-10-18(16-19)22(3)20(23)12-7-8-13-21/h18-19H,1,7-16H2,2-6H3. The zero-order chi connectivity index (χ0) is 19.7. The molecule has 1 rings (SSSR count). The Balaban J connectivity index is 2.54. The Morgan fingerprint density at radius 2 is 2.04 bits per heavy atom. The summed E-state index contributed by atoms with van der Waals surface area (Å²) in [6, 6.07) is 2.86. The molecule has 0 aliphatic heterocycles. The van der Waals surface area contributed by atoms with Gasteiger partial charge in [0, 0.05) is 19.5 Å². The topological polar surface area (TPSA) is 29.5 Å². The van der Waals surface area contributed by atoms with Crippen LogP contribution in [0.3, 0.4) is 0 Å². The zero-order valence-electron chi connectivity index (χ0n) is 17.6. The van der Waals surface area contributed by atoms with E-state index in [1.807, 2.05) is 18.9 Å². The molecular formula is C20H39FNO2Si2. The molecule has 1 aliphatic rings. The quantitative estimate of drug-likeness (QED) is 0.250. The van der Waals surface area contributed by atoms with E-state index in [4.69, 9.17) is 4.43 Å². The molecule has 0 N–H and O–H groups in total. The number of carbonyl (C=O) groups excluding carboxylic acids is 1. The van der Waals surface area contributed by atoms with Crippen LogP contribution in [0.25, 0.3) is 0 Å². The lowest BCUT2D eigenvalue weighted by Crippen LogP contribution is -2.44. The second-order valence-electron chi connectivity index (χ2n) is 8.66. The largest absolute Gasteiger partial charge is 0.546 e. The Kier molecular flexibility index (Phi) is 10.1. The summed E-state index contributed by atoms with van der Waals surface area (Å²) in [4.78, 5) is 14.4. The van der Waals surface area contributed by atoms with E-state index >= 15 is 0 Å². The molecule has 1 saturated carbocycles. The molecule has 0 saturated heterocycles. The molecule has 1 radical (unpaired) electrons. The van der Waals surface area contributed by atoms with Crippen LogP contribution < -0.4 is 0 Å². The average molecular weight is 401 g/mol. The predicted octanol–water partition coefficient (Wildman–Crippen LogP) is 5.78. The molecule has 3 nitrogen and oxygen atoms in total. The second kappa shape index (κ2) is 11.3. The van der Waals surface area contributed by atoms with Crippen LogP contribution in [0.15, 0.2) is 12.3 Å². The molecule has 26 heavy (non-hydrogen) atoms. The van der Waals surface area contributed by atoms with Crippen molar-refractivity contribution in [3.63, 3.8) is 0 Å². The number of alkyl halides is 1. The van der Waals surface area contributed by atoms with Gasteiger partial charge >= 0.3 is 0 Å². The maximum Gasteiger partial charge on any atom is 0.276 e. The minimum absolute atomic E-state index is 0.192. The first-order chi connectivity index (χ1) is 12.2. The number of unbranched alkanes of at least 4 members (excludes halogenated alkanes) is 1. The minimum Gasteiger partial charge on any atom is -0.546 e. The van der Waals surface area contributed by atoms with E-state index in [0.717, 1.165) is 24.1 Å². The van der Waals surface area contributed by atoms with Crippen molar-refractivity contribution in [2.45, 2.75) is 95.2 Å². The molecule has 2 atom stereocenters. The summed E-state index contributed by atoms with van der Waals surface area (Å²) in [5.41, 5.74) is 0.780. The van der Waals surface area contributed by atoms with Crippen LogP contribution in [-0.2, 0) is 9.22 Å². The van der Waals surface area contributed by atoms with Gasteiger partial charge < -0.3 is 9.33 Å². The van der Waals surface area contributed by atoms with Crippen molar-refractivity contribution in [1.82, 2.24) is 4.90 Å². The Labute approximate surface area is 163 Å². The van der Waals surface area contributed by atoms with E-state index in [2.05, 4.69) is 26.2 Å². The monoisotopic (exact) mass is 400 g/mol. The maximum absolute atomic E-state index is 12.4. The summed E-state index contributed by atoms with van der Waals surface area (Å²) < 4.78 is 18.1. The number of halogens is 1. The molecule has 0 aromatic carbocycles. The lowest BCUT2D eigenvalue weighted by molar-refractivity contribution is -0.132. The number of hydrogen-bond donors (Lipinski definition) is 0. The highest BCUT2D eigenvalue weighted by molar-refractivity contribution is 6.79. The summed E-state index contributed by atoms with van der Waals surface area (Å²) in [6.07, 6.45) is 6.46. The van der Waals surface area contributed by atoms with Crippen molar-refractivity contribution < 1.29 is 13.6 Å². The van der Waals surface area contributed by atoms with Crippen molar-refractivity contribution in [2.75, 3.05) is 13.7 Å². The fourth-order valence-electron chi connectivity index (χ4n) is 4.03. The molecule has 1 amide bonds. The SMILES string of the molecule is C=C(C)O[Si](C)CC[Si](C)(C)C1CCCC(N(C)C(=O)CCCCF)C1. The lowest BCUT2D eigenvalue weighted by Gasteiger charge is -2.42. The normalized spacial score (nSPS) is 20.9. The number of amides is 1. The fraction of sp³-hybridized carbons (Fsp3) is 0.850. The zero-order valence-corrected chi connectivity index (χ0v) is 19.6. The Bertz CT molecular complexity index is 459. The number of hydrogen-bond acceptors (Lipinski definition) is 2. The number of carbonyl (C=O) groups is 1. The van der Waals surface area contributed by atoms with Gasteiger partial charge in [0.15, 0.2) is 0 Å². The van der Waals surface area contributed by atoms with E-state index in [9.17, 15) is 9.18 Å². The van der Waals surface area contributed by atoms with Gasteiger partial charge in [0.1, 0.15) is 0 Å². The van der Waals surface area contributed by atoms with Gasteiger partial charge in [-0.15, -0.1) is 0 Å². The summed E-state index contributed by atoms with van der Waals surface area (Å²) in [7, 11) is -0.165. The van der Waals surface area contributed by atoms with Crippen LogP contribution in [0.4, 0.5) is 4.39 Å². The molecule has 0 aromatic rings. The van der Waals surface area contributed by atoms with Crippen LogP contribution in [-0.4, -0.2) is 47.7 Å². The van der Waals surface area contributed by atoms with Gasteiger partial charge in [-0.2, -0.15) is 0 Å². The van der Waals surface area contributed by atoms with Crippen molar-refractivity contribution in [1.29, 1.82) is 0 Å². The molecule has 0 spiro atoms. The summed E-state index contributed by atoms with van der Waals surface area (Å²) in [5, 5.41) is 0. The predicted molar refractivity (Wildman–Crippen MR) is 113 cm³/mol. The van der Waals surface area contributed by atoms with Gasteiger partial charge in [0.25, 0.3) is 9.04 Å². The number of nitrogens with zero attached hydrogens (tertiary/aromatic N) is 1. The van der Waals surface area contributed by atoms with Gasteiger partial charge in [-0.3, -0.25) is 9.18 Å². The Morgan fingerprint density at radius 1 is 1.35 bits per heavy atom. The van der Waals surface area contributed by atoms with Gasteiger partial charge in [-0.25, -0.2) is 0 Å². The van der Waals surface area contributed by atoms with E-state index in [1.54, 1.807) is 0 Å². The van der Waals surface area contributed by atoms with Crippen molar-refractivity contribution in [3.05, 3.63) is 12.3 Å². The third-order valence-corrected chi connectivity index (χ3v) is 12.4. The van der Waals surface area contributed by atoms with Gasteiger partial charge in [0.05, 0.1) is 20.5 Å². The molecule has 0 bridgehead atoms. The smallest absolute Gasteiger partial charge is 0.276 e. The molecular weight excluding hydrogens is 361 g/mol. The van der Waals surface area contributed by atoms with Crippen LogP contribution in [0.5, 0.6) is 0 Å². The molecule has 151 valence electrons. The van der Waals surface area contributed by atoms with Crippen LogP contribution in [0, 0.1) is 0 Å². The number of rotatable bonds is 11. The van der Waals surface area contributed by atoms with Gasteiger partial charge in [-0.1, -0.05) is 38.6 Å². The molecule has 6 heteroatoms. The van der Waals surface area contributed by atoms with E-state index in [0.29, 0.717) is 25.3 Å². The third kappa shape index (κ3) is 7.95. The molecule has 0 heterocycles. The highest BCUT2D eigenvalue weighted by Crippen LogP contribution is 2.41. The van der Waals surface area contributed by atoms with E-state index < -0.39 is 17.1 Å². The van der Waals surface area contributed by atoms with Crippen LogP contribution in [0.1, 0.15) is 51.9 Å². The minimum atomic E-state index is -1.34.